The highest BCUT2D eigenvalue weighted by Crippen LogP contribution is 2.22. The lowest BCUT2D eigenvalue weighted by Gasteiger charge is -2.06. The maximum absolute atomic E-state index is 12.0. The fraction of sp³-hybridized carbons (Fsp3) is 0.0556. The fourth-order valence-electron chi connectivity index (χ4n) is 1.78. The van der Waals surface area contributed by atoms with Gasteiger partial charge in [0.1, 0.15) is 5.75 Å². The molecule has 122 valence electrons. The minimum atomic E-state index is -0.504. The molecule has 0 fully saturated rings. The van der Waals surface area contributed by atoms with Gasteiger partial charge >= 0.3 is 5.97 Å². The van der Waals surface area contributed by atoms with Gasteiger partial charge in [0, 0.05) is 23.0 Å². The van der Waals surface area contributed by atoms with Gasteiger partial charge in [-0.25, -0.2) is 10.2 Å². The van der Waals surface area contributed by atoms with Gasteiger partial charge in [-0.1, -0.05) is 46.3 Å². The third-order valence-electron chi connectivity index (χ3n) is 2.82. The molecule has 1 amide bonds. The quantitative estimate of drug-likeness (QED) is 0.281. The lowest BCUT2D eigenvalue weighted by atomic mass is 10.2. The number of nitrogens with one attached hydrogen (secondary N) is 1. The Labute approximate surface area is 148 Å². The van der Waals surface area contributed by atoms with Crippen LogP contribution in [0, 0.1) is 0 Å². The van der Waals surface area contributed by atoms with E-state index < -0.39 is 5.97 Å². The average Bonchev–Trinajstić information content (AvgIpc) is 2.56. The molecule has 0 saturated carbocycles. The molecule has 0 aliphatic heterocycles. The molecule has 0 heterocycles. The Morgan fingerprint density at radius 1 is 1.17 bits per heavy atom. The van der Waals surface area contributed by atoms with E-state index in [0.29, 0.717) is 11.3 Å². The molecule has 0 aromatic heterocycles. The van der Waals surface area contributed by atoms with E-state index in [1.54, 1.807) is 24.3 Å². The molecular formula is C18H15BrN2O3. The molecule has 0 atom stereocenters. The summed E-state index contributed by atoms with van der Waals surface area (Å²) >= 11 is 3.34. The summed E-state index contributed by atoms with van der Waals surface area (Å²) in [6.07, 6.45) is 4.44. The maximum Gasteiger partial charge on any atom is 0.336 e. The predicted octanol–water partition coefficient (Wildman–Crippen LogP) is 3.54. The number of amides is 1. The first kappa shape index (κ1) is 17.6. The van der Waals surface area contributed by atoms with Gasteiger partial charge in [-0.2, -0.15) is 5.10 Å². The van der Waals surface area contributed by atoms with E-state index in [1.807, 2.05) is 30.3 Å². The molecule has 0 aliphatic carbocycles. The van der Waals surface area contributed by atoms with Gasteiger partial charge in [0.05, 0.1) is 6.21 Å². The van der Waals surface area contributed by atoms with Gasteiger partial charge in [0.25, 0.3) is 0 Å². The third kappa shape index (κ3) is 5.81. The summed E-state index contributed by atoms with van der Waals surface area (Å²) in [6.45, 7) is 1.35. The van der Waals surface area contributed by atoms with Crippen LogP contribution in [-0.2, 0) is 9.59 Å². The van der Waals surface area contributed by atoms with Gasteiger partial charge in [-0.05, 0) is 29.8 Å². The molecule has 5 nitrogen and oxygen atoms in total. The predicted molar refractivity (Wildman–Crippen MR) is 96.7 cm³/mol. The summed E-state index contributed by atoms with van der Waals surface area (Å²) in [5.41, 5.74) is 3.76. The second-order valence-electron chi connectivity index (χ2n) is 4.77. The molecule has 0 spiro atoms. The summed E-state index contributed by atoms with van der Waals surface area (Å²) in [6, 6.07) is 14.6. The van der Waals surface area contributed by atoms with E-state index in [0.717, 1.165) is 10.0 Å². The van der Waals surface area contributed by atoms with Crippen molar-refractivity contribution in [2.24, 2.45) is 5.10 Å². The second-order valence-corrected chi connectivity index (χ2v) is 5.69. The summed E-state index contributed by atoms with van der Waals surface area (Å²) in [7, 11) is 0. The van der Waals surface area contributed by atoms with E-state index in [9.17, 15) is 9.59 Å². The average molecular weight is 387 g/mol. The topological polar surface area (TPSA) is 67.8 Å². The second kappa shape index (κ2) is 8.79. The maximum atomic E-state index is 12.0. The smallest absolute Gasteiger partial charge is 0.336 e. The molecule has 1 N–H and O–H groups in total. The molecule has 0 saturated heterocycles. The molecule has 24 heavy (non-hydrogen) atoms. The van der Waals surface area contributed by atoms with Crippen LogP contribution in [0.2, 0.25) is 0 Å². The Kier molecular flexibility index (Phi) is 6.45. The van der Waals surface area contributed by atoms with Gasteiger partial charge in [-0.15, -0.1) is 0 Å². The molecule has 2 aromatic rings. The normalized spacial score (nSPS) is 10.9. The number of esters is 1. The number of hydrogen-bond acceptors (Lipinski definition) is 4. The summed E-state index contributed by atoms with van der Waals surface area (Å²) in [5, 5.41) is 3.79. The van der Waals surface area contributed by atoms with E-state index in [4.69, 9.17) is 4.74 Å². The molecule has 0 radical (unpaired) electrons. The van der Waals surface area contributed by atoms with Crippen molar-refractivity contribution in [3.63, 3.8) is 0 Å². The van der Waals surface area contributed by atoms with Crippen molar-refractivity contribution in [3.05, 3.63) is 70.2 Å². The number of rotatable bonds is 5. The highest BCUT2D eigenvalue weighted by Gasteiger charge is 2.07. The highest BCUT2D eigenvalue weighted by molar-refractivity contribution is 9.10. The number of benzene rings is 2. The molecule has 2 aromatic carbocycles. The zero-order valence-corrected chi connectivity index (χ0v) is 14.5. The minimum absolute atomic E-state index is 0.286. The lowest BCUT2D eigenvalue weighted by Crippen LogP contribution is -2.12. The Bertz CT molecular complexity index is 786. The van der Waals surface area contributed by atoms with Crippen LogP contribution in [0.25, 0.3) is 6.08 Å². The van der Waals surface area contributed by atoms with E-state index in [2.05, 4.69) is 26.5 Å². The van der Waals surface area contributed by atoms with Gasteiger partial charge in [0.2, 0.25) is 5.91 Å². The van der Waals surface area contributed by atoms with Crippen LogP contribution in [-0.4, -0.2) is 18.1 Å². The van der Waals surface area contributed by atoms with Crippen molar-refractivity contribution in [3.8, 4) is 5.75 Å². The van der Waals surface area contributed by atoms with Crippen LogP contribution in [0.15, 0.2) is 64.2 Å². The number of hydrogen-bond donors (Lipinski definition) is 1. The Balaban J connectivity index is 2.10. The monoisotopic (exact) mass is 386 g/mol. The summed E-state index contributed by atoms with van der Waals surface area (Å²) in [4.78, 5) is 22.8. The van der Waals surface area contributed by atoms with Crippen LogP contribution >= 0.6 is 15.9 Å². The Morgan fingerprint density at radius 2 is 1.92 bits per heavy atom. The van der Waals surface area contributed by atoms with E-state index in [1.165, 1.54) is 19.2 Å². The van der Waals surface area contributed by atoms with Crippen molar-refractivity contribution in [2.75, 3.05) is 0 Å². The number of carbonyl (C=O) groups excluding carboxylic acids is 2. The summed E-state index contributed by atoms with van der Waals surface area (Å²) in [5.74, 6) is -0.448. The van der Waals surface area contributed by atoms with Crippen molar-refractivity contribution >= 4 is 40.1 Å². The SMILES string of the molecule is CC(=O)N/N=C\c1cc(Br)ccc1OC(=O)/C=C/c1ccccc1. The zero-order chi connectivity index (χ0) is 17.4. The Hall–Kier alpha value is -2.73. The summed E-state index contributed by atoms with van der Waals surface area (Å²) < 4.78 is 6.13. The standard InChI is InChI=1S/C18H15BrN2O3/c1-13(22)21-20-12-15-11-16(19)8-9-17(15)24-18(23)10-7-14-5-3-2-4-6-14/h2-12H,1H3,(H,21,22)/b10-7+,20-12-. The molecule has 0 unspecified atom stereocenters. The number of carbonyl (C=O) groups is 2. The van der Waals surface area contributed by atoms with Crippen LogP contribution in [0.3, 0.4) is 0 Å². The molecule has 2 rings (SSSR count). The number of halogens is 1. The third-order valence-corrected chi connectivity index (χ3v) is 3.31. The number of hydrazone groups is 1. The fourth-order valence-corrected chi connectivity index (χ4v) is 2.16. The van der Waals surface area contributed by atoms with Gasteiger partial charge < -0.3 is 4.74 Å². The van der Waals surface area contributed by atoms with Gasteiger partial charge in [0.15, 0.2) is 0 Å². The highest BCUT2D eigenvalue weighted by atomic mass is 79.9. The van der Waals surface area contributed by atoms with Crippen LogP contribution in [0.1, 0.15) is 18.1 Å². The van der Waals surface area contributed by atoms with E-state index in [-0.39, 0.29) is 5.91 Å². The minimum Gasteiger partial charge on any atom is -0.423 e. The molecular weight excluding hydrogens is 372 g/mol. The van der Waals surface area contributed by atoms with Crippen molar-refractivity contribution in [1.82, 2.24) is 5.43 Å². The largest absolute Gasteiger partial charge is 0.423 e. The lowest BCUT2D eigenvalue weighted by molar-refractivity contribution is -0.129. The molecule has 6 heteroatoms. The van der Waals surface area contributed by atoms with Crippen LogP contribution in [0.4, 0.5) is 0 Å². The first-order valence-corrected chi connectivity index (χ1v) is 7.88. The van der Waals surface area contributed by atoms with Crippen molar-refractivity contribution in [1.29, 1.82) is 0 Å². The Morgan fingerprint density at radius 3 is 2.62 bits per heavy atom. The van der Waals surface area contributed by atoms with Crippen molar-refractivity contribution in [2.45, 2.75) is 6.92 Å². The number of nitrogens with zero attached hydrogens (tertiary/aromatic N) is 1. The molecule has 0 bridgehead atoms. The van der Waals surface area contributed by atoms with Gasteiger partial charge in [-0.3, -0.25) is 4.79 Å². The molecule has 0 aliphatic rings. The van der Waals surface area contributed by atoms with Crippen LogP contribution < -0.4 is 10.2 Å². The number of ether oxygens (including phenoxy) is 1. The first-order valence-electron chi connectivity index (χ1n) is 7.09. The zero-order valence-electron chi connectivity index (χ0n) is 12.9. The first-order chi connectivity index (χ1) is 11.5. The van der Waals surface area contributed by atoms with E-state index >= 15 is 0 Å². The van der Waals surface area contributed by atoms with Crippen LogP contribution in [0.5, 0.6) is 5.75 Å². The van der Waals surface area contributed by atoms with Crippen molar-refractivity contribution < 1.29 is 14.3 Å².